The number of aromatic nitrogens is 2. The number of benzene rings is 1. The first-order valence-electron chi connectivity index (χ1n) is 7.36. The van der Waals surface area contributed by atoms with Gasteiger partial charge in [-0.3, -0.25) is 0 Å². The second-order valence-corrected chi connectivity index (χ2v) is 5.38. The van der Waals surface area contributed by atoms with Gasteiger partial charge in [-0.2, -0.15) is 0 Å². The van der Waals surface area contributed by atoms with Gasteiger partial charge in [-0.25, -0.2) is 9.37 Å². The van der Waals surface area contributed by atoms with Gasteiger partial charge in [-0.05, 0) is 18.9 Å². The molecule has 1 N–H and O–H groups in total. The zero-order chi connectivity index (χ0) is 14.7. The Kier molecular flexibility index (Phi) is 4.20. The van der Waals surface area contributed by atoms with Gasteiger partial charge in [0.05, 0.1) is 6.61 Å². The van der Waals surface area contributed by atoms with Crippen molar-refractivity contribution in [3.05, 3.63) is 47.8 Å². The van der Waals surface area contributed by atoms with Crippen molar-refractivity contribution in [2.24, 2.45) is 7.05 Å². The lowest BCUT2D eigenvalue weighted by molar-refractivity contribution is 0.314. The van der Waals surface area contributed by atoms with Crippen LogP contribution in [-0.4, -0.2) is 22.7 Å². The van der Waals surface area contributed by atoms with E-state index in [0.29, 0.717) is 12.4 Å². The fourth-order valence-corrected chi connectivity index (χ4v) is 2.75. The van der Waals surface area contributed by atoms with Crippen molar-refractivity contribution in [3.8, 4) is 5.75 Å². The Morgan fingerprint density at radius 2 is 2.38 bits per heavy atom. The van der Waals surface area contributed by atoms with Gasteiger partial charge in [0, 0.05) is 50.1 Å². The third kappa shape index (κ3) is 3.24. The molecule has 0 spiro atoms. The number of rotatable bonds is 4. The van der Waals surface area contributed by atoms with Crippen LogP contribution in [0.1, 0.15) is 30.3 Å². The molecule has 21 heavy (non-hydrogen) atoms. The SMILES string of the molecule is Cn1ccnc1CCN[C@@H]1CCCOc2cc(F)ccc21. The second kappa shape index (κ2) is 6.26. The predicted octanol–water partition coefficient (Wildman–Crippen LogP) is 2.61. The maximum Gasteiger partial charge on any atom is 0.126 e. The van der Waals surface area contributed by atoms with Crippen molar-refractivity contribution in [2.45, 2.75) is 25.3 Å². The van der Waals surface area contributed by atoms with Gasteiger partial charge in [-0.15, -0.1) is 0 Å². The molecule has 0 saturated heterocycles. The van der Waals surface area contributed by atoms with Gasteiger partial charge in [0.25, 0.3) is 0 Å². The standard InChI is InChI=1S/C16H20FN3O/c1-20-9-8-19-16(20)6-7-18-14-3-2-10-21-15-11-12(17)4-5-13(14)15/h4-5,8-9,11,14,18H,2-3,6-7,10H2,1H3/t14-/m1/s1. The van der Waals surface area contributed by atoms with Gasteiger partial charge in [0.2, 0.25) is 0 Å². The van der Waals surface area contributed by atoms with Crippen LogP contribution in [0.5, 0.6) is 5.75 Å². The monoisotopic (exact) mass is 289 g/mol. The van der Waals surface area contributed by atoms with Crippen molar-refractivity contribution < 1.29 is 9.13 Å². The molecule has 3 rings (SSSR count). The largest absolute Gasteiger partial charge is 0.493 e. The van der Waals surface area contributed by atoms with Crippen molar-refractivity contribution in [1.29, 1.82) is 0 Å². The summed E-state index contributed by atoms with van der Waals surface area (Å²) in [6.45, 7) is 1.49. The van der Waals surface area contributed by atoms with Crippen LogP contribution >= 0.6 is 0 Å². The number of halogens is 1. The van der Waals surface area contributed by atoms with Crippen molar-refractivity contribution in [2.75, 3.05) is 13.2 Å². The minimum atomic E-state index is -0.248. The highest BCUT2D eigenvalue weighted by Gasteiger charge is 2.19. The molecule has 0 radical (unpaired) electrons. The minimum absolute atomic E-state index is 0.211. The molecule has 5 heteroatoms. The van der Waals surface area contributed by atoms with E-state index in [1.807, 2.05) is 30.1 Å². The average Bonchev–Trinajstić information content (AvgIpc) is 2.77. The molecule has 1 aromatic carbocycles. The maximum atomic E-state index is 13.3. The molecule has 0 bridgehead atoms. The average molecular weight is 289 g/mol. The van der Waals surface area contributed by atoms with Crippen LogP contribution in [0.25, 0.3) is 0 Å². The van der Waals surface area contributed by atoms with E-state index in [-0.39, 0.29) is 11.9 Å². The Morgan fingerprint density at radius 3 is 3.19 bits per heavy atom. The molecule has 1 aliphatic rings. The molecule has 0 aliphatic carbocycles. The van der Waals surface area contributed by atoms with E-state index >= 15 is 0 Å². The summed E-state index contributed by atoms with van der Waals surface area (Å²) < 4.78 is 21.0. The summed E-state index contributed by atoms with van der Waals surface area (Å²) in [7, 11) is 2.00. The van der Waals surface area contributed by atoms with Gasteiger partial charge in [0.15, 0.2) is 0 Å². The summed E-state index contributed by atoms with van der Waals surface area (Å²) in [5.74, 6) is 1.48. The Labute approximate surface area is 124 Å². The first kappa shape index (κ1) is 14.1. The van der Waals surface area contributed by atoms with Crippen LogP contribution in [0.15, 0.2) is 30.6 Å². The summed E-state index contributed by atoms with van der Waals surface area (Å²) in [6, 6.07) is 5.02. The normalized spacial score (nSPS) is 17.9. The van der Waals surface area contributed by atoms with Crippen LogP contribution in [0.4, 0.5) is 4.39 Å². The molecule has 2 heterocycles. The van der Waals surface area contributed by atoms with E-state index < -0.39 is 0 Å². The zero-order valence-corrected chi connectivity index (χ0v) is 12.2. The zero-order valence-electron chi connectivity index (χ0n) is 12.2. The van der Waals surface area contributed by atoms with Crippen molar-refractivity contribution >= 4 is 0 Å². The Bertz CT molecular complexity index is 611. The number of nitrogens with zero attached hydrogens (tertiary/aromatic N) is 2. The summed E-state index contributed by atoms with van der Waals surface area (Å²) in [6.07, 6.45) is 6.60. The van der Waals surface area contributed by atoms with E-state index in [1.54, 1.807) is 0 Å². The first-order chi connectivity index (χ1) is 10.2. The number of imidazole rings is 1. The van der Waals surface area contributed by atoms with Crippen LogP contribution in [-0.2, 0) is 13.5 Å². The third-order valence-electron chi connectivity index (χ3n) is 3.91. The predicted molar refractivity (Wildman–Crippen MR) is 78.8 cm³/mol. The van der Waals surface area contributed by atoms with Crippen molar-refractivity contribution in [1.82, 2.24) is 14.9 Å². The lowest BCUT2D eigenvalue weighted by atomic mass is 10.0. The minimum Gasteiger partial charge on any atom is -0.493 e. The highest BCUT2D eigenvalue weighted by Crippen LogP contribution is 2.31. The fraction of sp³-hybridized carbons (Fsp3) is 0.438. The number of hydrogen-bond donors (Lipinski definition) is 1. The number of ether oxygens (including phenoxy) is 1. The quantitative estimate of drug-likeness (QED) is 0.940. The number of aryl methyl sites for hydroxylation is 1. The van der Waals surface area contributed by atoms with Crippen LogP contribution in [0, 0.1) is 5.82 Å². The summed E-state index contributed by atoms with van der Waals surface area (Å²) in [4.78, 5) is 4.32. The second-order valence-electron chi connectivity index (χ2n) is 5.38. The van der Waals surface area contributed by atoms with Crippen LogP contribution in [0.3, 0.4) is 0 Å². The number of fused-ring (bicyclic) bond motifs is 1. The molecule has 4 nitrogen and oxygen atoms in total. The van der Waals surface area contributed by atoms with Gasteiger partial charge >= 0.3 is 0 Å². The Balaban J connectivity index is 1.67. The Hall–Kier alpha value is -1.88. The summed E-state index contributed by atoms with van der Waals surface area (Å²) in [5, 5.41) is 3.55. The molecule has 0 fully saturated rings. The maximum absolute atomic E-state index is 13.3. The smallest absolute Gasteiger partial charge is 0.126 e. The molecule has 0 unspecified atom stereocenters. The molecule has 0 amide bonds. The summed E-state index contributed by atoms with van der Waals surface area (Å²) in [5.41, 5.74) is 1.05. The van der Waals surface area contributed by atoms with Gasteiger partial charge < -0.3 is 14.6 Å². The lowest BCUT2D eigenvalue weighted by Gasteiger charge is -2.18. The first-order valence-corrected chi connectivity index (χ1v) is 7.36. The van der Waals surface area contributed by atoms with Gasteiger partial charge in [-0.1, -0.05) is 6.07 Å². The third-order valence-corrected chi connectivity index (χ3v) is 3.91. The van der Waals surface area contributed by atoms with E-state index in [2.05, 4.69) is 10.3 Å². The molecular formula is C16H20FN3O. The molecule has 112 valence electrons. The van der Waals surface area contributed by atoms with Gasteiger partial charge in [0.1, 0.15) is 17.4 Å². The Morgan fingerprint density at radius 1 is 1.48 bits per heavy atom. The molecular weight excluding hydrogens is 269 g/mol. The van der Waals surface area contributed by atoms with E-state index in [9.17, 15) is 4.39 Å². The number of hydrogen-bond acceptors (Lipinski definition) is 3. The van der Waals surface area contributed by atoms with Crippen LogP contribution < -0.4 is 10.1 Å². The van der Waals surface area contributed by atoms with E-state index in [0.717, 1.165) is 37.2 Å². The topological polar surface area (TPSA) is 39.1 Å². The van der Waals surface area contributed by atoms with E-state index in [1.165, 1.54) is 12.1 Å². The fourth-order valence-electron chi connectivity index (χ4n) is 2.75. The van der Waals surface area contributed by atoms with Crippen molar-refractivity contribution in [3.63, 3.8) is 0 Å². The van der Waals surface area contributed by atoms with E-state index in [4.69, 9.17) is 4.74 Å². The highest BCUT2D eigenvalue weighted by molar-refractivity contribution is 5.37. The molecule has 1 aromatic heterocycles. The molecule has 2 aromatic rings. The molecule has 0 saturated carbocycles. The molecule has 1 atom stereocenters. The summed E-state index contributed by atoms with van der Waals surface area (Å²) >= 11 is 0. The molecule has 1 aliphatic heterocycles. The highest BCUT2D eigenvalue weighted by atomic mass is 19.1. The lowest BCUT2D eigenvalue weighted by Crippen LogP contribution is -2.24. The number of nitrogens with one attached hydrogen (secondary N) is 1. The van der Waals surface area contributed by atoms with Crippen LogP contribution in [0.2, 0.25) is 0 Å².